The maximum absolute atomic E-state index is 12.7. The summed E-state index contributed by atoms with van der Waals surface area (Å²) in [6.45, 7) is 4.75. The van der Waals surface area contributed by atoms with Crippen LogP contribution < -0.4 is 10.1 Å². The molecule has 0 spiro atoms. The first-order valence-electron chi connectivity index (χ1n) is 9.95. The third-order valence-corrected chi connectivity index (χ3v) is 6.03. The van der Waals surface area contributed by atoms with Crippen molar-refractivity contribution in [3.63, 3.8) is 0 Å². The van der Waals surface area contributed by atoms with Crippen LogP contribution in [0.2, 0.25) is 0 Å². The number of rotatable bonds is 8. The number of nitrogens with zero attached hydrogens (tertiary/aromatic N) is 2. The normalized spacial score (nSPS) is 11.1. The second-order valence-electron chi connectivity index (χ2n) is 6.69. The molecule has 0 atom stereocenters. The van der Waals surface area contributed by atoms with Crippen molar-refractivity contribution in [2.24, 2.45) is 0 Å². The van der Waals surface area contributed by atoms with E-state index in [1.807, 2.05) is 61.5 Å². The first-order chi connectivity index (χ1) is 15.0. The number of nitriles is 1. The molecule has 0 aliphatic rings. The van der Waals surface area contributed by atoms with Gasteiger partial charge in [0.05, 0.1) is 12.3 Å². The van der Waals surface area contributed by atoms with Crippen molar-refractivity contribution >= 4 is 44.4 Å². The van der Waals surface area contributed by atoms with E-state index in [9.17, 15) is 10.1 Å². The molecule has 3 aromatic rings. The Morgan fingerprint density at radius 1 is 1.19 bits per heavy atom. The molecular formula is C24H22BrN3O2S. The van der Waals surface area contributed by atoms with Crippen LogP contribution in [0.3, 0.4) is 0 Å². The average molecular weight is 496 g/mol. The first kappa shape index (κ1) is 22.7. The van der Waals surface area contributed by atoms with E-state index >= 15 is 0 Å². The van der Waals surface area contributed by atoms with E-state index < -0.39 is 5.91 Å². The molecule has 1 aromatic heterocycles. The molecule has 3 rings (SSSR count). The summed E-state index contributed by atoms with van der Waals surface area (Å²) in [6.07, 6.45) is 3.29. The topological polar surface area (TPSA) is 75.0 Å². The lowest BCUT2D eigenvalue weighted by atomic mass is 10.1. The average Bonchev–Trinajstić information content (AvgIpc) is 3.20. The molecular weight excluding hydrogens is 474 g/mol. The van der Waals surface area contributed by atoms with E-state index in [1.165, 1.54) is 11.3 Å². The van der Waals surface area contributed by atoms with E-state index in [2.05, 4.69) is 33.2 Å². The van der Waals surface area contributed by atoms with Gasteiger partial charge in [-0.1, -0.05) is 54.0 Å². The van der Waals surface area contributed by atoms with Crippen molar-refractivity contribution in [1.82, 2.24) is 4.98 Å². The number of carbonyl (C=O) groups is 1. The number of benzene rings is 2. The van der Waals surface area contributed by atoms with Gasteiger partial charge in [-0.2, -0.15) is 5.26 Å². The molecule has 158 valence electrons. The molecule has 1 heterocycles. The zero-order valence-corrected chi connectivity index (χ0v) is 19.7. The maximum atomic E-state index is 12.7. The second kappa shape index (κ2) is 10.9. The number of halogens is 1. The van der Waals surface area contributed by atoms with Crippen LogP contribution >= 0.6 is 27.3 Å². The molecule has 0 radical (unpaired) electrons. The highest BCUT2D eigenvalue weighted by Gasteiger charge is 2.16. The molecule has 0 bridgehead atoms. The van der Waals surface area contributed by atoms with Gasteiger partial charge < -0.3 is 4.74 Å². The largest absolute Gasteiger partial charge is 0.494 e. The Morgan fingerprint density at radius 3 is 2.52 bits per heavy atom. The van der Waals surface area contributed by atoms with E-state index in [0.29, 0.717) is 11.7 Å². The van der Waals surface area contributed by atoms with Crippen LogP contribution in [0.4, 0.5) is 5.13 Å². The monoisotopic (exact) mass is 495 g/mol. The maximum Gasteiger partial charge on any atom is 0.268 e. The van der Waals surface area contributed by atoms with Gasteiger partial charge in [0, 0.05) is 14.9 Å². The predicted molar refractivity (Wildman–Crippen MR) is 129 cm³/mol. The minimum atomic E-state index is -0.479. The molecule has 0 fully saturated rings. The third-order valence-electron chi connectivity index (χ3n) is 4.39. The van der Waals surface area contributed by atoms with Gasteiger partial charge in [-0.25, -0.2) is 4.98 Å². The first-order valence-corrected chi connectivity index (χ1v) is 11.6. The van der Waals surface area contributed by atoms with Gasteiger partial charge in [-0.05, 0) is 48.7 Å². The number of hydrogen-bond donors (Lipinski definition) is 1. The molecule has 0 aliphatic carbocycles. The lowest BCUT2D eigenvalue weighted by Gasteiger charge is -2.04. The highest BCUT2D eigenvalue weighted by molar-refractivity contribution is 9.10. The summed E-state index contributed by atoms with van der Waals surface area (Å²) in [5, 5.41) is 12.7. The quantitative estimate of drug-likeness (QED) is 0.287. The minimum Gasteiger partial charge on any atom is -0.494 e. The molecule has 7 heteroatoms. The Morgan fingerprint density at radius 2 is 1.90 bits per heavy atom. The van der Waals surface area contributed by atoms with E-state index in [1.54, 1.807) is 6.08 Å². The number of amides is 1. The van der Waals surface area contributed by atoms with Crippen molar-refractivity contribution in [2.45, 2.75) is 26.7 Å². The summed E-state index contributed by atoms with van der Waals surface area (Å²) in [5.41, 5.74) is 2.60. The lowest BCUT2D eigenvalue weighted by Crippen LogP contribution is -2.13. The van der Waals surface area contributed by atoms with Crippen LogP contribution in [0, 0.1) is 11.3 Å². The number of aromatic nitrogens is 1. The molecule has 31 heavy (non-hydrogen) atoms. The Labute approximate surface area is 194 Å². The molecule has 0 saturated heterocycles. The van der Waals surface area contributed by atoms with Crippen LogP contribution in [-0.2, 0) is 11.2 Å². The van der Waals surface area contributed by atoms with E-state index in [-0.39, 0.29) is 5.57 Å². The van der Waals surface area contributed by atoms with Gasteiger partial charge in [-0.15, -0.1) is 11.3 Å². The van der Waals surface area contributed by atoms with Gasteiger partial charge in [0.1, 0.15) is 17.4 Å². The predicted octanol–water partition coefficient (Wildman–Crippen LogP) is 6.47. The minimum absolute atomic E-state index is 0.0145. The second-order valence-corrected chi connectivity index (χ2v) is 8.69. The van der Waals surface area contributed by atoms with Crippen LogP contribution in [0.25, 0.3) is 17.3 Å². The summed E-state index contributed by atoms with van der Waals surface area (Å²) >= 11 is 4.86. The number of nitrogens with one attached hydrogen (secondary N) is 1. The van der Waals surface area contributed by atoms with Crippen LogP contribution in [0.15, 0.2) is 58.6 Å². The number of anilines is 1. The van der Waals surface area contributed by atoms with Crippen molar-refractivity contribution in [3.05, 3.63) is 69.0 Å². The fraction of sp³-hybridized carbons (Fsp3) is 0.208. The van der Waals surface area contributed by atoms with Gasteiger partial charge in [-0.3, -0.25) is 10.1 Å². The number of aryl methyl sites for hydroxylation is 1. The van der Waals surface area contributed by atoms with Crippen molar-refractivity contribution in [2.75, 3.05) is 11.9 Å². The van der Waals surface area contributed by atoms with Crippen molar-refractivity contribution in [3.8, 4) is 23.1 Å². The highest BCUT2D eigenvalue weighted by atomic mass is 79.9. The molecule has 1 amide bonds. The third kappa shape index (κ3) is 6.03. The van der Waals surface area contributed by atoms with Crippen LogP contribution in [0.5, 0.6) is 5.75 Å². The summed E-state index contributed by atoms with van der Waals surface area (Å²) < 4.78 is 6.55. The fourth-order valence-electron chi connectivity index (χ4n) is 2.84. The molecule has 0 saturated carbocycles. The number of hydrogen-bond acceptors (Lipinski definition) is 5. The van der Waals surface area contributed by atoms with Crippen molar-refractivity contribution in [1.29, 1.82) is 5.26 Å². The number of ether oxygens (including phenoxy) is 1. The van der Waals surface area contributed by atoms with Gasteiger partial charge in [0.2, 0.25) is 0 Å². The Balaban J connectivity index is 1.77. The summed E-state index contributed by atoms with van der Waals surface area (Å²) in [5.74, 6) is 0.282. The summed E-state index contributed by atoms with van der Waals surface area (Å²) in [7, 11) is 0. The Hall–Kier alpha value is -2.95. The molecule has 0 aliphatic heterocycles. The smallest absolute Gasteiger partial charge is 0.268 e. The molecule has 2 aromatic carbocycles. The van der Waals surface area contributed by atoms with E-state index in [0.717, 1.165) is 44.8 Å². The van der Waals surface area contributed by atoms with Gasteiger partial charge >= 0.3 is 0 Å². The molecule has 5 nitrogen and oxygen atoms in total. The standard InChI is InChI=1S/C24H22BrN3O2S/c1-3-13-30-20-11-5-16(6-12-20)14-18(15-26)23(29)28-24-27-22(21(4-2)31-24)17-7-9-19(25)10-8-17/h5-12,14H,3-4,13H2,1-2H3,(H,27,28,29)/b18-14+. The summed E-state index contributed by atoms with van der Waals surface area (Å²) in [6, 6.07) is 17.2. The van der Waals surface area contributed by atoms with Crippen LogP contribution in [-0.4, -0.2) is 17.5 Å². The van der Waals surface area contributed by atoms with Gasteiger partial charge in [0.25, 0.3) is 5.91 Å². The van der Waals surface area contributed by atoms with E-state index in [4.69, 9.17) is 4.74 Å². The fourth-order valence-corrected chi connectivity index (χ4v) is 4.02. The number of thiazole rings is 1. The van der Waals surface area contributed by atoms with Crippen LogP contribution in [0.1, 0.15) is 30.7 Å². The zero-order valence-electron chi connectivity index (χ0n) is 17.3. The van der Waals surface area contributed by atoms with Crippen molar-refractivity contribution < 1.29 is 9.53 Å². The highest BCUT2D eigenvalue weighted by Crippen LogP contribution is 2.32. The zero-order chi connectivity index (χ0) is 22.2. The Bertz CT molecular complexity index is 1110. The number of carbonyl (C=O) groups excluding carboxylic acids is 1. The summed E-state index contributed by atoms with van der Waals surface area (Å²) in [4.78, 5) is 18.4. The molecule has 1 N–H and O–H groups in total. The molecule has 0 unspecified atom stereocenters. The Kier molecular flexibility index (Phi) is 7.99. The SMILES string of the molecule is CCCOc1ccc(/C=C(\C#N)C(=O)Nc2nc(-c3ccc(Br)cc3)c(CC)s2)cc1. The van der Waals surface area contributed by atoms with Gasteiger partial charge in [0.15, 0.2) is 5.13 Å². The lowest BCUT2D eigenvalue weighted by molar-refractivity contribution is -0.112.